The van der Waals surface area contributed by atoms with Crippen molar-refractivity contribution in [3.63, 3.8) is 0 Å². The maximum atomic E-state index is 13.1. The van der Waals surface area contributed by atoms with Crippen LogP contribution in [0, 0.1) is 5.82 Å². The molecule has 0 saturated carbocycles. The first-order chi connectivity index (χ1) is 15.8. The Morgan fingerprint density at radius 2 is 1.61 bits per heavy atom. The van der Waals surface area contributed by atoms with Crippen LogP contribution in [0.25, 0.3) is 0 Å². The molecule has 0 saturated heterocycles. The lowest BCUT2D eigenvalue weighted by Gasteiger charge is -2.18. The molecule has 0 bridgehead atoms. The second kappa shape index (κ2) is 10.5. The van der Waals surface area contributed by atoms with E-state index in [-0.39, 0.29) is 29.6 Å². The Bertz CT molecular complexity index is 1150. The van der Waals surface area contributed by atoms with Crippen LogP contribution >= 0.6 is 0 Å². The summed E-state index contributed by atoms with van der Waals surface area (Å²) in [6.07, 6.45) is 0. The van der Waals surface area contributed by atoms with Crippen molar-refractivity contribution in [2.45, 2.75) is 6.61 Å². The quantitative estimate of drug-likeness (QED) is 0.549. The molecule has 2 amide bonds. The molecule has 33 heavy (non-hydrogen) atoms. The summed E-state index contributed by atoms with van der Waals surface area (Å²) >= 11 is 0. The number of carbonyl (C=O) groups is 2. The molecule has 0 unspecified atom stereocenters. The molecule has 0 spiro atoms. The summed E-state index contributed by atoms with van der Waals surface area (Å²) in [4.78, 5) is 27.1. The van der Waals surface area contributed by atoms with Gasteiger partial charge in [0.15, 0.2) is 11.5 Å². The molecular weight excluding hydrogens is 427 g/mol. The summed E-state index contributed by atoms with van der Waals surface area (Å²) in [5, 5.41) is 2.78. The van der Waals surface area contributed by atoms with Gasteiger partial charge < -0.3 is 24.4 Å². The van der Waals surface area contributed by atoms with Crippen LogP contribution in [-0.4, -0.2) is 45.0 Å². The Hall–Kier alpha value is -4.07. The lowest BCUT2D eigenvalue weighted by atomic mass is 10.1. The van der Waals surface area contributed by atoms with Gasteiger partial charge in [0.2, 0.25) is 0 Å². The standard InChI is InChI=1S/C25H25FN2O5/c1-28(2)25(30)20-13-22(31-3)23(32-4)14-21(20)27-24(29)17-6-5-7-19(12-17)33-15-16-8-10-18(26)11-9-16/h5-14H,15H2,1-4H3,(H,27,29). The van der Waals surface area contributed by atoms with Gasteiger partial charge in [-0.3, -0.25) is 9.59 Å². The van der Waals surface area contributed by atoms with Gasteiger partial charge >= 0.3 is 0 Å². The van der Waals surface area contributed by atoms with E-state index >= 15 is 0 Å². The van der Waals surface area contributed by atoms with Gasteiger partial charge in [-0.25, -0.2) is 4.39 Å². The first kappa shape index (κ1) is 23.6. The Morgan fingerprint density at radius 1 is 0.939 bits per heavy atom. The number of ether oxygens (including phenoxy) is 3. The first-order valence-electron chi connectivity index (χ1n) is 10.1. The minimum absolute atomic E-state index is 0.225. The third-order valence-corrected chi connectivity index (χ3v) is 4.82. The van der Waals surface area contributed by atoms with Crippen molar-refractivity contribution < 1.29 is 28.2 Å². The molecule has 8 heteroatoms. The van der Waals surface area contributed by atoms with Crippen LogP contribution in [0.4, 0.5) is 10.1 Å². The van der Waals surface area contributed by atoms with Crippen LogP contribution in [0.5, 0.6) is 17.2 Å². The molecule has 0 aliphatic heterocycles. The van der Waals surface area contributed by atoms with Crippen LogP contribution in [-0.2, 0) is 6.61 Å². The molecule has 0 heterocycles. The van der Waals surface area contributed by atoms with Gasteiger partial charge in [0, 0.05) is 25.7 Å². The van der Waals surface area contributed by atoms with E-state index in [0.717, 1.165) is 5.56 Å². The van der Waals surface area contributed by atoms with Crippen LogP contribution in [0.2, 0.25) is 0 Å². The molecule has 0 aromatic heterocycles. The largest absolute Gasteiger partial charge is 0.493 e. The highest BCUT2D eigenvalue weighted by Crippen LogP contribution is 2.34. The van der Waals surface area contributed by atoms with Crippen molar-refractivity contribution >= 4 is 17.5 Å². The maximum Gasteiger partial charge on any atom is 0.255 e. The Kier molecular flexibility index (Phi) is 7.50. The average Bonchev–Trinajstić information content (AvgIpc) is 2.83. The molecule has 0 atom stereocenters. The van der Waals surface area contributed by atoms with Gasteiger partial charge in [-0.05, 0) is 42.0 Å². The first-order valence-corrected chi connectivity index (χ1v) is 10.1. The highest BCUT2D eigenvalue weighted by atomic mass is 19.1. The molecule has 7 nitrogen and oxygen atoms in total. The highest BCUT2D eigenvalue weighted by molar-refractivity contribution is 6.09. The third kappa shape index (κ3) is 5.79. The molecule has 1 N–H and O–H groups in total. The minimum atomic E-state index is -0.428. The molecule has 0 aliphatic rings. The van der Waals surface area contributed by atoms with Crippen molar-refractivity contribution in [2.24, 2.45) is 0 Å². The molecular formula is C25H25FN2O5. The number of carbonyl (C=O) groups excluding carboxylic acids is 2. The van der Waals surface area contributed by atoms with Crippen LogP contribution in [0.1, 0.15) is 26.3 Å². The van der Waals surface area contributed by atoms with Crippen LogP contribution in [0.15, 0.2) is 60.7 Å². The monoisotopic (exact) mass is 452 g/mol. The molecule has 3 rings (SSSR count). The predicted molar refractivity (Wildman–Crippen MR) is 123 cm³/mol. The number of rotatable bonds is 8. The summed E-state index contributed by atoms with van der Waals surface area (Å²) in [5.74, 6) is 0.171. The summed E-state index contributed by atoms with van der Waals surface area (Å²) < 4.78 is 29.4. The van der Waals surface area contributed by atoms with E-state index in [2.05, 4.69) is 5.32 Å². The molecule has 0 fully saturated rings. The number of anilines is 1. The van der Waals surface area contributed by atoms with Crippen molar-refractivity contribution in [2.75, 3.05) is 33.6 Å². The van der Waals surface area contributed by atoms with E-state index in [9.17, 15) is 14.0 Å². The zero-order valence-electron chi connectivity index (χ0n) is 18.8. The van der Waals surface area contributed by atoms with E-state index in [1.54, 1.807) is 56.6 Å². The summed E-state index contributed by atoms with van der Waals surface area (Å²) in [7, 11) is 6.18. The predicted octanol–water partition coefficient (Wildman–Crippen LogP) is 4.38. The highest BCUT2D eigenvalue weighted by Gasteiger charge is 2.20. The lowest BCUT2D eigenvalue weighted by molar-refractivity contribution is 0.0828. The zero-order chi connectivity index (χ0) is 24.0. The number of amides is 2. The van der Waals surface area contributed by atoms with E-state index in [1.165, 1.54) is 37.3 Å². The minimum Gasteiger partial charge on any atom is -0.493 e. The molecule has 172 valence electrons. The second-order valence-corrected chi connectivity index (χ2v) is 7.35. The normalized spacial score (nSPS) is 10.3. The Labute approximate surface area is 191 Å². The van der Waals surface area contributed by atoms with E-state index in [0.29, 0.717) is 22.8 Å². The van der Waals surface area contributed by atoms with Gasteiger partial charge in [0.05, 0.1) is 25.5 Å². The Balaban J connectivity index is 1.82. The van der Waals surface area contributed by atoms with Crippen LogP contribution < -0.4 is 19.5 Å². The smallest absolute Gasteiger partial charge is 0.255 e. The van der Waals surface area contributed by atoms with Crippen LogP contribution in [0.3, 0.4) is 0 Å². The lowest BCUT2D eigenvalue weighted by Crippen LogP contribution is -2.24. The van der Waals surface area contributed by atoms with E-state index in [4.69, 9.17) is 14.2 Å². The Morgan fingerprint density at radius 3 is 2.24 bits per heavy atom. The topological polar surface area (TPSA) is 77.1 Å². The maximum absolute atomic E-state index is 13.1. The molecule has 3 aromatic carbocycles. The third-order valence-electron chi connectivity index (χ3n) is 4.82. The summed E-state index contributed by atoms with van der Waals surface area (Å²) in [6.45, 7) is 0.225. The average molecular weight is 452 g/mol. The number of methoxy groups -OCH3 is 2. The number of nitrogens with one attached hydrogen (secondary N) is 1. The number of halogens is 1. The fourth-order valence-electron chi connectivity index (χ4n) is 3.07. The molecule has 0 aliphatic carbocycles. The SMILES string of the molecule is COc1cc(NC(=O)c2cccc(OCc3ccc(F)cc3)c2)c(C(=O)N(C)C)cc1OC. The molecule has 3 aromatic rings. The number of hydrogen-bond donors (Lipinski definition) is 1. The van der Waals surface area contributed by atoms with Crippen molar-refractivity contribution in [1.82, 2.24) is 4.90 Å². The van der Waals surface area contributed by atoms with Gasteiger partial charge in [-0.15, -0.1) is 0 Å². The zero-order valence-corrected chi connectivity index (χ0v) is 18.8. The van der Waals surface area contributed by atoms with Crippen molar-refractivity contribution in [3.05, 3.63) is 83.2 Å². The molecule has 0 radical (unpaired) electrons. The van der Waals surface area contributed by atoms with Crippen molar-refractivity contribution in [3.8, 4) is 17.2 Å². The number of benzene rings is 3. The second-order valence-electron chi connectivity index (χ2n) is 7.35. The van der Waals surface area contributed by atoms with Gasteiger partial charge in [0.25, 0.3) is 11.8 Å². The summed E-state index contributed by atoms with van der Waals surface area (Å²) in [6, 6.07) is 15.7. The van der Waals surface area contributed by atoms with Gasteiger partial charge in [-0.2, -0.15) is 0 Å². The van der Waals surface area contributed by atoms with Crippen molar-refractivity contribution in [1.29, 1.82) is 0 Å². The summed E-state index contributed by atoms with van der Waals surface area (Å²) in [5.41, 5.74) is 1.68. The fraction of sp³-hybridized carbons (Fsp3) is 0.200. The van der Waals surface area contributed by atoms with Gasteiger partial charge in [-0.1, -0.05) is 18.2 Å². The van der Waals surface area contributed by atoms with E-state index < -0.39 is 5.91 Å². The number of hydrogen-bond acceptors (Lipinski definition) is 5. The van der Waals surface area contributed by atoms with E-state index in [1.807, 2.05) is 0 Å². The van der Waals surface area contributed by atoms with Gasteiger partial charge in [0.1, 0.15) is 18.2 Å². The number of nitrogens with zero attached hydrogens (tertiary/aromatic N) is 1. The fourth-order valence-corrected chi connectivity index (χ4v) is 3.07.